The van der Waals surface area contributed by atoms with Crippen molar-refractivity contribution in [3.05, 3.63) is 41.5 Å². The lowest BCUT2D eigenvalue weighted by molar-refractivity contribution is -0.131. The van der Waals surface area contributed by atoms with E-state index in [1.54, 1.807) is 11.0 Å². The Morgan fingerprint density at radius 1 is 1.34 bits per heavy atom. The highest BCUT2D eigenvalue weighted by Gasteiger charge is 2.40. The lowest BCUT2D eigenvalue weighted by atomic mass is 9.64. The summed E-state index contributed by atoms with van der Waals surface area (Å²) in [6, 6.07) is 4.07. The molecular weight excluding hydrogens is 366 g/mol. The fourth-order valence-corrected chi connectivity index (χ4v) is 4.83. The number of likely N-dealkylation sites (tertiary alicyclic amines) is 1. The van der Waals surface area contributed by atoms with Crippen LogP contribution in [-0.4, -0.2) is 39.4 Å². The van der Waals surface area contributed by atoms with E-state index in [0.717, 1.165) is 6.42 Å². The molecule has 1 saturated heterocycles. The standard InChI is InChI=1S/C24H31NO4/c1-15-6-5-10-24(3,4)22(15)21(28)12-16(2)25-11-9-17(23(25)29)13-18-14-19(26)7-8-20(18)27/h5-8,13-16,22,26-27H,9-12H2,1-4H3/b17-13-. The van der Waals surface area contributed by atoms with Crippen LogP contribution in [0.25, 0.3) is 6.08 Å². The summed E-state index contributed by atoms with van der Waals surface area (Å²) in [6.07, 6.45) is 7.72. The number of aromatic hydroxyl groups is 2. The smallest absolute Gasteiger partial charge is 0.250 e. The number of hydrogen-bond acceptors (Lipinski definition) is 4. The van der Waals surface area contributed by atoms with Gasteiger partial charge in [-0.05, 0) is 55.4 Å². The molecule has 0 spiro atoms. The molecule has 5 heteroatoms. The minimum absolute atomic E-state index is 0.0198. The quantitative estimate of drug-likeness (QED) is 0.441. The maximum Gasteiger partial charge on any atom is 0.250 e. The van der Waals surface area contributed by atoms with Crippen molar-refractivity contribution < 1.29 is 19.8 Å². The second-order valence-electron chi connectivity index (χ2n) is 9.14. The molecule has 0 radical (unpaired) electrons. The molecule has 0 bridgehead atoms. The van der Waals surface area contributed by atoms with E-state index in [2.05, 4.69) is 32.9 Å². The zero-order valence-corrected chi connectivity index (χ0v) is 17.7. The van der Waals surface area contributed by atoms with Gasteiger partial charge in [0.2, 0.25) is 5.91 Å². The van der Waals surface area contributed by atoms with Crippen LogP contribution in [0.1, 0.15) is 52.5 Å². The number of Topliss-reactive ketones (excluding diaryl/α,β-unsaturated/α-hetero) is 1. The van der Waals surface area contributed by atoms with Gasteiger partial charge in [0.05, 0.1) is 0 Å². The fraction of sp³-hybridized carbons (Fsp3) is 0.500. The number of rotatable bonds is 5. The van der Waals surface area contributed by atoms with Crippen molar-refractivity contribution in [2.45, 2.75) is 53.0 Å². The fourth-order valence-electron chi connectivity index (χ4n) is 4.83. The van der Waals surface area contributed by atoms with E-state index in [1.807, 2.05) is 6.92 Å². The summed E-state index contributed by atoms with van der Waals surface area (Å²) in [5.74, 6) is 0.337. The van der Waals surface area contributed by atoms with E-state index in [0.29, 0.717) is 30.5 Å². The van der Waals surface area contributed by atoms with Gasteiger partial charge in [0.15, 0.2) is 0 Å². The van der Waals surface area contributed by atoms with Gasteiger partial charge in [-0.15, -0.1) is 0 Å². The first kappa shape index (κ1) is 21.2. The van der Waals surface area contributed by atoms with Crippen LogP contribution in [0.2, 0.25) is 0 Å². The second kappa shape index (κ2) is 8.05. The van der Waals surface area contributed by atoms with Gasteiger partial charge in [0.25, 0.3) is 0 Å². The van der Waals surface area contributed by atoms with E-state index in [9.17, 15) is 19.8 Å². The van der Waals surface area contributed by atoms with Gasteiger partial charge in [-0.1, -0.05) is 32.9 Å². The minimum Gasteiger partial charge on any atom is -0.508 e. The Morgan fingerprint density at radius 2 is 2.07 bits per heavy atom. The summed E-state index contributed by atoms with van der Waals surface area (Å²) >= 11 is 0. The molecule has 2 N–H and O–H groups in total. The van der Waals surface area contributed by atoms with Crippen LogP contribution in [0.5, 0.6) is 11.5 Å². The van der Waals surface area contributed by atoms with Crippen LogP contribution >= 0.6 is 0 Å². The van der Waals surface area contributed by atoms with Crippen LogP contribution in [-0.2, 0) is 9.59 Å². The summed E-state index contributed by atoms with van der Waals surface area (Å²) in [6.45, 7) is 8.87. The Bertz CT molecular complexity index is 868. The number of amides is 1. The molecule has 1 aliphatic carbocycles. The maximum atomic E-state index is 13.1. The van der Waals surface area contributed by atoms with Crippen molar-refractivity contribution in [1.82, 2.24) is 4.90 Å². The molecule has 3 unspecified atom stereocenters. The number of carbonyl (C=O) groups excluding carboxylic acids is 2. The predicted molar refractivity (Wildman–Crippen MR) is 113 cm³/mol. The summed E-state index contributed by atoms with van der Waals surface area (Å²) in [5.41, 5.74) is 0.931. The first-order chi connectivity index (χ1) is 13.6. The molecule has 156 valence electrons. The zero-order valence-electron chi connectivity index (χ0n) is 17.7. The Balaban J connectivity index is 1.71. The highest BCUT2D eigenvalue weighted by atomic mass is 16.3. The van der Waals surface area contributed by atoms with Crippen molar-refractivity contribution in [3.8, 4) is 11.5 Å². The van der Waals surface area contributed by atoms with Crippen molar-refractivity contribution in [2.75, 3.05) is 6.54 Å². The number of phenols is 2. The predicted octanol–water partition coefficient (Wildman–Crippen LogP) is 4.30. The van der Waals surface area contributed by atoms with Gasteiger partial charge in [-0.25, -0.2) is 0 Å². The van der Waals surface area contributed by atoms with E-state index in [1.165, 1.54) is 18.2 Å². The molecule has 1 amide bonds. The molecule has 5 nitrogen and oxygen atoms in total. The Hall–Kier alpha value is -2.56. The van der Waals surface area contributed by atoms with Crippen LogP contribution in [0.3, 0.4) is 0 Å². The lowest BCUT2D eigenvalue weighted by Crippen LogP contribution is -2.42. The lowest BCUT2D eigenvalue weighted by Gasteiger charge is -2.39. The number of nitrogens with zero attached hydrogens (tertiary/aromatic N) is 1. The molecule has 1 fully saturated rings. The van der Waals surface area contributed by atoms with Crippen molar-refractivity contribution in [1.29, 1.82) is 0 Å². The van der Waals surface area contributed by atoms with Crippen LogP contribution < -0.4 is 0 Å². The number of benzene rings is 1. The largest absolute Gasteiger partial charge is 0.508 e. The summed E-state index contributed by atoms with van der Waals surface area (Å²) < 4.78 is 0. The molecule has 1 heterocycles. The van der Waals surface area contributed by atoms with Crippen LogP contribution in [0.15, 0.2) is 35.9 Å². The molecule has 2 aliphatic rings. The van der Waals surface area contributed by atoms with Crippen molar-refractivity contribution in [3.63, 3.8) is 0 Å². The van der Waals surface area contributed by atoms with Gasteiger partial charge in [-0.2, -0.15) is 0 Å². The third-order valence-electron chi connectivity index (χ3n) is 6.33. The summed E-state index contributed by atoms with van der Waals surface area (Å²) in [5, 5.41) is 19.6. The third-order valence-corrected chi connectivity index (χ3v) is 6.33. The molecule has 0 saturated carbocycles. The number of allylic oxidation sites excluding steroid dienone is 2. The van der Waals surface area contributed by atoms with Gasteiger partial charge in [0, 0.05) is 36.1 Å². The van der Waals surface area contributed by atoms with E-state index in [-0.39, 0.29) is 46.5 Å². The highest BCUT2D eigenvalue weighted by Crippen LogP contribution is 2.42. The maximum absolute atomic E-state index is 13.1. The molecule has 1 aromatic carbocycles. The number of phenolic OH excluding ortho intramolecular Hbond substituents is 2. The highest BCUT2D eigenvalue weighted by molar-refractivity contribution is 6.00. The van der Waals surface area contributed by atoms with Crippen molar-refractivity contribution in [2.24, 2.45) is 17.3 Å². The minimum atomic E-state index is -0.174. The van der Waals surface area contributed by atoms with Crippen molar-refractivity contribution >= 4 is 17.8 Å². The Labute approximate surface area is 172 Å². The second-order valence-corrected chi connectivity index (χ2v) is 9.14. The molecule has 1 aromatic rings. The number of ketones is 1. The van der Waals surface area contributed by atoms with E-state index < -0.39 is 0 Å². The topological polar surface area (TPSA) is 77.8 Å². The first-order valence-electron chi connectivity index (χ1n) is 10.3. The number of carbonyl (C=O) groups is 2. The van der Waals surface area contributed by atoms with E-state index >= 15 is 0 Å². The number of hydrogen-bond donors (Lipinski definition) is 2. The SMILES string of the molecule is CC1C=CCC(C)(C)C1C(=O)CC(C)N1CC/C(=C/c2cc(O)ccc2O)C1=O. The van der Waals surface area contributed by atoms with Crippen LogP contribution in [0, 0.1) is 17.3 Å². The zero-order chi connectivity index (χ0) is 21.3. The van der Waals surface area contributed by atoms with E-state index in [4.69, 9.17) is 0 Å². The van der Waals surface area contributed by atoms with Gasteiger partial charge >= 0.3 is 0 Å². The Kier molecular flexibility index (Phi) is 5.87. The molecular formula is C24H31NO4. The third kappa shape index (κ3) is 4.39. The first-order valence-corrected chi connectivity index (χ1v) is 10.3. The van der Waals surface area contributed by atoms with Gasteiger partial charge in [0.1, 0.15) is 17.3 Å². The summed E-state index contributed by atoms with van der Waals surface area (Å²) in [4.78, 5) is 27.7. The molecule has 3 rings (SSSR count). The van der Waals surface area contributed by atoms with Gasteiger partial charge < -0.3 is 15.1 Å². The average molecular weight is 398 g/mol. The normalized spacial score (nSPS) is 26.1. The van der Waals surface area contributed by atoms with Gasteiger partial charge in [-0.3, -0.25) is 9.59 Å². The summed E-state index contributed by atoms with van der Waals surface area (Å²) in [7, 11) is 0. The average Bonchev–Trinajstić information content (AvgIpc) is 2.98. The van der Waals surface area contributed by atoms with Crippen LogP contribution in [0.4, 0.5) is 0 Å². The molecule has 0 aromatic heterocycles. The molecule has 29 heavy (non-hydrogen) atoms. The monoisotopic (exact) mass is 397 g/mol. The Morgan fingerprint density at radius 3 is 2.76 bits per heavy atom. The molecule has 3 atom stereocenters. The molecule has 1 aliphatic heterocycles.